The Balaban J connectivity index is 1.03. The second-order valence-electron chi connectivity index (χ2n) is 15.7. The molecule has 2 aliphatic rings. The Kier molecular flexibility index (Phi) is 12.2. The number of H-pyrrole nitrogens is 2. The lowest BCUT2D eigenvalue weighted by Crippen LogP contribution is -2.43. The zero-order valence-corrected chi connectivity index (χ0v) is 34.4. The number of piperidine rings is 1. The van der Waals surface area contributed by atoms with E-state index in [0.29, 0.717) is 24.5 Å². The number of nitrogens with zero attached hydrogens (tertiary/aromatic N) is 5. The largest absolute Gasteiger partial charge is 0.431 e. The van der Waals surface area contributed by atoms with Gasteiger partial charge in [0.25, 0.3) is 5.91 Å². The molecule has 0 saturated carbocycles. The maximum Gasteiger partial charge on any atom is 0.408 e. The third-order valence-electron chi connectivity index (χ3n) is 12.0. The molecule has 12 heteroatoms. The van der Waals surface area contributed by atoms with Gasteiger partial charge in [-0.3, -0.25) is 14.5 Å². The fraction of sp³-hybridized carbons (Fsp3) is 0.312. The van der Waals surface area contributed by atoms with Crippen molar-refractivity contribution in [3.8, 4) is 33.6 Å². The van der Waals surface area contributed by atoms with E-state index in [-0.39, 0.29) is 23.9 Å². The number of aromatic nitrogens is 4. The highest BCUT2D eigenvalue weighted by Gasteiger charge is 2.35. The van der Waals surface area contributed by atoms with E-state index >= 15 is 0 Å². The molecule has 0 aliphatic carbocycles. The van der Waals surface area contributed by atoms with Gasteiger partial charge in [-0.2, -0.15) is 0 Å². The first kappa shape index (κ1) is 40.3. The summed E-state index contributed by atoms with van der Waals surface area (Å²) in [7, 11) is 3.13. The molecule has 2 saturated heterocycles. The lowest BCUT2D eigenvalue weighted by Gasteiger charge is -2.37. The summed E-state index contributed by atoms with van der Waals surface area (Å²) >= 11 is 0. The minimum absolute atomic E-state index is 0.130. The second kappa shape index (κ2) is 18.2. The predicted octanol–water partition coefficient (Wildman–Crippen LogP) is 8.64. The van der Waals surface area contributed by atoms with Crippen LogP contribution in [0.15, 0.2) is 122 Å². The molecule has 6 aromatic rings. The molecule has 3 N–H and O–H groups in total. The molecule has 2 fully saturated rings. The van der Waals surface area contributed by atoms with Gasteiger partial charge in [0.2, 0.25) is 12.0 Å². The average molecular weight is 805 g/mol. The summed E-state index contributed by atoms with van der Waals surface area (Å²) in [6.45, 7) is 3.91. The number of rotatable bonds is 12. The number of carbonyl (C=O) groups is 3. The van der Waals surface area contributed by atoms with Crippen molar-refractivity contribution in [2.24, 2.45) is 0 Å². The van der Waals surface area contributed by atoms with E-state index in [1.165, 1.54) is 23.9 Å². The number of amides is 3. The Morgan fingerprint density at radius 1 is 0.783 bits per heavy atom. The van der Waals surface area contributed by atoms with Crippen LogP contribution in [0.5, 0.6) is 0 Å². The standard InChI is InChI=1S/C48H52N8O4/c1-32(54(3)47(58)44(60-48(59)49-2)35-20-11-6-12-21-35)45-50-29-39(52-45)36-24-25-37(33-16-7-4-8-17-33)38(28-36)40-30-51-46(53-40)42-23-15-27-56(42)43(57)31-55-26-14-13-22-41(55)34-18-9-5-10-19-34/h4-12,16-21,24-25,28-30,32,41-42,44H,13-15,22-23,26-27,31H2,1-3H3,(H,49,59)(H,50,52)(H,51,53)/t32-,41+,42-,44+/m0/s1. The van der Waals surface area contributed by atoms with E-state index in [0.717, 1.165) is 71.7 Å². The zero-order valence-electron chi connectivity index (χ0n) is 34.4. The van der Waals surface area contributed by atoms with Crippen molar-refractivity contribution in [1.82, 2.24) is 40.0 Å². The minimum atomic E-state index is -1.13. The number of carbonyl (C=O) groups excluding carboxylic acids is 3. The number of likely N-dealkylation sites (tertiary alicyclic amines) is 2. The number of ether oxygens (including phenoxy) is 1. The Bertz CT molecular complexity index is 2400. The van der Waals surface area contributed by atoms with Crippen LogP contribution in [0.4, 0.5) is 4.79 Å². The fourth-order valence-corrected chi connectivity index (χ4v) is 8.60. The van der Waals surface area contributed by atoms with Crippen LogP contribution in [-0.4, -0.2) is 86.3 Å². The van der Waals surface area contributed by atoms with Crippen LogP contribution >= 0.6 is 0 Å². The lowest BCUT2D eigenvalue weighted by molar-refractivity contribution is -0.141. The van der Waals surface area contributed by atoms with Gasteiger partial charge in [0.15, 0.2) is 0 Å². The first-order chi connectivity index (χ1) is 29.3. The molecule has 0 unspecified atom stereocenters. The van der Waals surface area contributed by atoms with E-state index in [2.05, 4.69) is 74.8 Å². The monoisotopic (exact) mass is 804 g/mol. The molecule has 8 rings (SSSR count). The van der Waals surface area contributed by atoms with Crippen LogP contribution in [0.2, 0.25) is 0 Å². The van der Waals surface area contributed by atoms with Gasteiger partial charge in [0.1, 0.15) is 11.6 Å². The zero-order chi connectivity index (χ0) is 41.6. The summed E-state index contributed by atoms with van der Waals surface area (Å²) < 4.78 is 5.53. The van der Waals surface area contributed by atoms with Gasteiger partial charge in [-0.25, -0.2) is 14.8 Å². The first-order valence-electron chi connectivity index (χ1n) is 20.9. The third kappa shape index (κ3) is 8.60. The molecule has 2 aliphatic heterocycles. The number of aromatic amines is 2. The molecule has 308 valence electrons. The normalized spacial score (nSPS) is 17.8. The van der Waals surface area contributed by atoms with E-state index in [1.807, 2.05) is 48.4 Å². The smallest absolute Gasteiger partial charge is 0.408 e. The predicted molar refractivity (Wildman–Crippen MR) is 231 cm³/mol. The van der Waals surface area contributed by atoms with E-state index in [1.54, 1.807) is 37.5 Å². The molecule has 4 atom stereocenters. The minimum Gasteiger partial charge on any atom is -0.431 e. The van der Waals surface area contributed by atoms with Crippen molar-refractivity contribution in [1.29, 1.82) is 0 Å². The Morgan fingerprint density at radius 2 is 1.48 bits per heavy atom. The van der Waals surface area contributed by atoms with Crippen molar-refractivity contribution in [2.45, 2.75) is 63.3 Å². The fourth-order valence-electron chi connectivity index (χ4n) is 8.60. The summed E-state index contributed by atoms with van der Waals surface area (Å²) in [5, 5.41) is 2.44. The molecule has 0 bridgehead atoms. The highest BCUT2D eigenvalue weighted by atomic mass is 16.6. The molecule has 0 spiro atoms. The number of alkyl carbamates (subject to hydrolysis) is 1. The Hall–Kier alpha value is -6.53. The number of hydrogen-bond donors (Lipinski definition) is 3. The van der Waals surface area contributed by atoms with Gasteiger partial charge in [-0.15, -0.1) is 0 Å². The quantitative estimate of drug-likeness (QED) is 0.113. The van der Waals surface area contributed by atoms with E-state index in [9.17, 15) is 14.4 Å². The van der Waals surface area contributed by atoms with Crippen molar-refractivity contribution >= 4 is 17.9 Å². The van der Waals surface area contributed by atoms with Crippen LogP contribution in [0.25, 0.3) is 33.6 Å². The molecule has 4 heterocycles. The maximum atomic E-state index is 14.1. The molecule has 4 aromatic carbocycles. The summed E-state index contributed by atoms with van der Waals surface area (Å²) in [6, 6.07) is 35.7. The highest BCUT2D eigenvalue weighted by Crippen LogP contribution is 2.38. The van der Waals surface area contributed by atoms with Gasteiger partial charge in [-0.1, -0.05) is 110 Å². The molecule has 60 heavy (non-hydrogen) atoms. The molecule has 12 nitrogen and oxygen atoms in total. The van der Waals surface area contributed by atoms with Crippen molar-refractivity contribution < 1.29 is 19.1 Å². The second-order valence-corrected chi connectivity index (χ2v) is 15.7. The highest BCUT2D eigenvalue weighted by molar-refractivity contribution is 5.86. The number of benzene rings is 4. The third-order valence-corrected chi connectivity index (χ3v) is 12.0. The maximum absolute atomic E-state index is 14.1. The van der Waals surface area contributed by atoms with Gasteiger partial charge >= 0.3 is 6.09 Å². The van der Waals surface area contributed by atoms with E-state index in [4.69, 9.17) is 14.7 Å². The molecule has 0 radical (unpaired) electrons. The number of hydrogen-bond acceptors (Lipinski definition) is 7. The summed E-state index contributed by atoms with van der Waals surface area (Å²) in [5.74, 6) is 1.13. The Labute approximate surface area is 351 Å². The van der Waals surface area contributed by atoms with Gasteiger partial charge < -0.3 is 29.8 Å². The summed E-state index contributed by atoms with van der Waals surface area (Å²) in [6.07, 6.45) is 6.93. The van der Waals surface area contributed by atoms with E-state index < -0.39 is 18.2 Å². The summed E-state index contributed by atoms with van der Waals surface area (Å²) in [4.78, 5) is 62.8. The SMILES string of the molecule is CNC(=O)O[C@@H](C(=O)N(C)[C@@H](C)c1ncc(-c2ccc(-c3ccccc3)c(-c3cnc([C@@H]4CCCN4C(=O)CN4CCCC[C@@H]4c4ccccc4)[nH]3)c2)[nH]1)c1ccccc1. The number of nitrogens with one attached hydrogen (secondary N) is 3. The molecular formula is C48H52N8O4. The van der Waals surface area contributed by atoms with Crippen LogP contribution in [-0.2, 0) is 14.3 Å². The average Bonchev–Trinajstić information content (AvgIpc) is 4.11. The van der Waals surface area contributed by atoms with Gasteiger partial charge in [-0.05, 0) is 61.9 Å². The van der Waals surface area contributed by atoms with Crippen molar-refractivity contribution in [3.05, 3.63) is 144 Å². The lowest BCUT2D eigenvalue weighted by atomic mass is 9.95. The van der Waals surface area contributed by atoms with Crippen molar-refractivity contribution in [2.75, 3.05) is 33.7 Å². The molecular weight excluding hydrogens is 753 g/mol. The van der Waals surface area contributed by atoms with Crippen LogP contribution < -0.4 is 5.32 Å². The van der Waals surface area contributed by atoms with Crippen molar-refractivity contribution in [3.63, 3.8) is 0 Å². The van der Waals surface area contributed by atoms with Crippen LogP contribution in [0.1, 0.15) is 86.0 Å². The molecule has 2 aromatic heterocycles. The van der Waals surface area contributed by atoms with Gasteiger partial charge in [0.05, 0.1) is 42.4 Å². The first-order valence-corrected chi connectivity index (χ1v) is 20.9. The Morgan fingerprint density at radius 3 is 2.23 bits per heavy atom. The van der Waals surface area contributed by atoms with Crippen LogP contribution in [0, 0.1) is 0 Å². The number of imidazole rings is 2. The topological polar surface area (TPSA) is 140 Å². The summed E-state index contributed by atoms with van der Waals surface area (Å²) in [5.41, 5.74) is 7.44. The van der Waals surface area contributed by atoms with Gasteiger partial charge in [0, 0.05) is 43.4 Å². The molecule has 3 amide bonds. The van der Waals surface area contributed by atoms with Crippen LogP contribution in [0.3, 0.4) is 0 Å². The number of likely N-dealkylation sites (N-methyl/N-ethyl adjacent to an activating group) is 1.